The van der Waals surface area contributed by atoms with Crippen LogP contribution in [0.1, 0.15) is 6.42 Å². The van der Waals surface area contributed by atoms with E-state index >= 15 is 0 Å². The zero-order valence-electron chi connectivity index (χ0n) is 5.42. The normalized spacial score (nSPS) is 10.3. The van der Waals surface area contributed by atoms with Crippen LogP contribution in [0.3, 0.4) is 0 Å². The van der Waals surface area contributed by atoms with E-state index in [1.807, 2.05) is 0 Å². The Hall–Kier alpha value is -0.530. The summed E-state index contributed by atoms with van der Waals surface area (Å²) >= 11 is 0. The molecule has 0 atom stereocenters. The molecule has 0 aromatic rings. The van der Waals surface area contributed by atoms with Crippen LogP contribution in [0.5, 0.6) is 0 Å². The number of hydrogen-bond donors (Lipinski definition) is 0. The van der Waals surface area contributed by atoms with Gasteiger partial charge < -0.3 is 0 Å². The molecular weight excluding hydrogens is 136 g/mol. The fraction of sp³-hybridized carbons (Fsp3) is 0.500. The van der Waals surface area contributed by atoms with Gasteiger partial charge in [-0.1, -0.05) is 6.58 Å². The van der Waals surface area contributed by atoms with Crippen LogP contribution in [0.25, 0.3) is 0 Å². The van der Waals surface area contributed by atoms with Crippen molar-refractivity contribution in [1.29, 1.82) is 0 Å². The van der Waals surface area contributed by atoms with Crippen molar-refractivity contribution in [3.63, 3.8) is 0 Å². The lowest BCUT2D eigenvalue weighted by Crippen LogP contribution is -2.00. The first-order chi connectivity index (χ1) is 4.06. The van der Waals surface area contributed by atoms with Gasteiger partial charge in [-0.3, -0.25) is 0 Å². The molecule has 0 amide bonds. The van der Waals surface area contributed by atoms with Gasteiger partial charge in [0.1, 0.15) is 9.84 Å². The second kappa shape index (κ2) is 3.49. The lowest BCUT2D eigenvalue weighted by molar-refractivity contribution is 0.601. The monoisotopic (exact) mass is 146 g/mol. The highest BCUT2D eigenvalue weighted by Crippen LogP contribution is 1.87. The summed E-state index contributed by atoms with van der Waals surface area (Å²) in [5.74, 6) is 0.190. The van der Waals surface area contributed by atoms with E-state index in [1.54, 1.807) is 6.08 Å². The summed E-state index contributed by atoms with van der Waals surface area (Å²) in [6.07, 6.45) is 3.34. The van der Waals surface area contributed by atoms with Crippen molar-refractivity contribution in [2.45, 2.75) is 6.42 Å². The quantitative estimate of drug-likeness (QED) is 0.551. The molecule has 0 aliphatic carbocycles. The average molecular weight is 146 g/mol. The summed E-state index contributed by atoms with van der Waals surface area (Å²) in [6.45, 7) is 3.30. The van der Waals surface area contributed by atoms with Crippen LogP contribution in [0.2, 0.25) is 0 Å². The van der Waals surface area contributed by atoms with Crippen LogP contribution < -0.4 is 0 Å². The fourth-order valence-electron chi connectivity index (χ4n) is 0.375. The van der Waals surface area contributed by atoms with Crippen molar-refractivity contribution in [1.82, 2.24) is 0 Å². The Morgan fingerprint density at radius 3 is 2.56 bits per heavy atom. The minimum Gasteiger partial charge on any atom is -0.229 e. The van der Waals surface area contributed by atoms with Gasteiger partial charge in [-0.2, -0.15) is 0 Å². The topological polar surface area (TPSA) is 34.1 Å². The van der Waals surface area contributed by atoms with Gasteiger partial charge in [-0.25, -0.2) is 8.42 Å². The van der Waals surface area contributed by atoms with Crippen molar-refractivity contribution in [2.24, 2.45) is 0 Å². The highest BCUT2D eigenvalue weighted by molar-refractivity contribution is 7.90. The zero-order valence-corrected chi connectivity index (χ0v) is 6.24. The molecule has 0 spiro atoms. The highest BCUT2D eigenvalue weighted by atomic mass is 32.2. The third-order valence-corrected chi connectivity index (χ3v) is 1.75. The van der Waals surface area contributed by atoms with Crippen LogP contribution >= 0.6 is 0 Å². The molecule has 0 heterocycles. The Bertz CT molecular complexity index is 207. The largest absolute Gasteiger partial charge is 0.229 e. The maximum Gasteiger partial charge on any atom is 0.147 e. The first-order valence-electron chi connectivity index (χ1n) is 2.58. The van der Waals surface area contributed by atoms with E-state index in [9.17, 15) is 8.42 Å². The van der Waals surface area contributed by atoms with Crippen LogP contribution in [-0.2, 0) is 9.84 Å². The molecule has 0 aliphatic rings. The molecule has 3 heteroatoms. The first-order valence-corrected chi connectivity index (χ1v) is 4.64. The lowest BCUT2D eigenvalue weighted by Gasteiger charge is -1.88. The minimum atomic E-state index is -2.80. The second-order valence-electron chi connectivity index (χ2n) is 1.83. The van der Waals surface area contributed by atoms with E-state index in [-0.39, 0.29) is 5.75 Å². The van der Waals surface area contributed by atoms with E-state index in [0.29, 0.717) is 6.42 Å². The Labute approximate surface area is 55.8 Å². The van der Waals surface area contributed by atoms with E-state index in [1.165, 1.54) is 6.26 Å². The maximum absolute atomic E-state index is 10.4. The zero-order chi connectivity index (χ0) is 7.33. The molecule has 0 unspecified atom stereocenters. The molecule has 0 saturated heterocycles. The highest BCUT2D eigenvalue weighted by Gasteiger charge is 1.97. The minimum absolute atomic E-state index is 0.190. The van der Waals surface area contributed by atoms with Crippen molar-refractivity contribution in [2.75, 3.05) is 12.0 Å². The van der Waals surface area contributed by atoms with Gasteiger partial charge in [-0.15, -0.1) is 5.73 Å². The molecular formula is C6H10O2S. The Kier molecular flexibility index (Phi) is 3.28. The van der Waals surface area contributed by atoms with Crippen molar-refractivity contribution >= 4 is 9.84 Å². The van der Waals surface area contributed by atoms with E-state index in [2.05, 4.69) is 12.3 Å². The molecule has 0 radical (unpaired) electrons. The number of hydrogen-bond acceptors (Lipinski definition) is 2. The smallest absolute Gasteiger partial charge is 0.147 e. The number of allylic oxidation sites excluding steroid dienone is 1. The molecule has 0 aliphatic heterocycles. The van der Waals surface area contributed by atoms with E-state index < -0.39 is 9.84 Å². The lowest BCUT2D eigenvalue weighted by atomic mass is 10.5. The Balaban J connectivity index is 3.66. The van der Waals surface area contributed by atoms with Crippen molar-refractivity contribution in [3.05, 3.63) is 18.4 Å². The van der Waals surface area contributed by atoms with E-state index in [4.69, 9.17) is 0 Å². The van der Waals surface area contributed by atoms with Gasteiger partial charge in [0.15, 0.2) is 0 Å². The predicted octanol–water partition coefficient (Wildman–Crippen LogP) is 0.762. The molecule has 0 rings (SSSR count). The van der Waals surface area contributed by atoms with Crippen LogP contribution in [0.4, 0.5) is 0 Å². The summed E-state index contributed by atoms with van der Waals surface area (Å²) < 4.78 is 20.9. The summed E-state index contributed by atoms with van der Waals surface area (Å²) in [5, 5.41) is 0. The average Bonchev–Trinajstić information content (AvgIpc) is 1.63. The molecule has 2 nitrogen and oxygen atoms in total. The molecule has 0 aromatic carbocycles. The summed E-state index contributed by atoms with van der Waals surface area (Å²) in [7, 11) is -2.80. The molecule has 0 N–H and O–H groups in total. The van der Waals surface area contributed by atoms with Crippen molar-refractivity contribution < 1.29 is 8.42 Å². The first kappa shape index (κ1) is 8.47. The van der Waals surface area contributed by atoms with Gasteiger partial charge >= 0.3 is 0 Å². The summed E-state index contributed by atoms with van der Waals surface area (Å²) in [6, 6.07) is 0. The van der Waals surface area contributed by atoms with Crippen molar-refractivity contribution in [3.8, 4) is 0 Å². The molecule has 9 heavy (non-hydrogen) atoms. The summed E-state index contributed by atoms with van der Waals surface area (Å²) in [5.41, 5.74) is 2.50. The second-order valence-corrected chi connectivity index (χ2v) is 4.09. The standard InChI is InChI=1S/C6H10O2S/c1-3-4-5-6-9(2,7)8/h4H,1,5-6H2,2H3. The molecule has 0 saturated carbocycles. The number of sulfone groups is 1. The van der Waals surface area contributed by atoms with Gasteiger partial charge in [0.25, 0.3) is 0 Å². The van der Waals surface area contributed by atoms with Crippen LogP contribution in [-0.4, -0.2) is 20.4 Å². The molecule has 52 valence electrons. The fourth-order valence-corrected chi connectivity index (χ4v) is 0.921. The van der Waals surface area contributed by atoms with Crippen LogP contribution in [0.15, 0.2) is 18.4 Å². The molecule has 0 fully saturated rings. The Morgan fingerprint density at radius 1 is 1.67 bits per heavy atom. The summed E-state index contributed by atoms with van der Waals surface area (Å²) in [4.78, 5) is 0. The molecule has 0 aromatic heterocycles. The maximum atomic E-state index is 10.4. The third kappa shape index (κ3) is 7.47. The Morgan fingerprint density at radius 2 is 2.22 bits per heavy atom. The van der Waals surface area contributed by atoms with E-state index in [0.717, 1.165) is 0 Å². The van der Waals surface area contributed by atoms with Crippen LogP contribution in [0, 0.1) is 0 Å². The van der Waals surface area contributed by atoms with Gasteiger partial charge in [0.2, 0.25) is 0 Å². The molecule has 0 bridgehead atoms. The van der Waals surface area contributed by atoms with Gasteiger partial charge in [0.05, 0.1) is 5.75 Å². The number of rotatable bonds is 3. The SMILES string of the molecule is C=C=CCCS(C)(=O)=O. The van der Waals surface area contributed by atoms with Gasteiger partial charge in [0, 0.05) is 6.26 Å². The third-order valence-electron chi connectivity index (χ3n) is 0.777. The predicted molar refractivity (Wildman–Crippen MR) is 38.0 cm³/mol. The van der Waals surface area contributed by atoms with Gasteiger partial charge in [-0.05, 0) is 12.5 Å².